The molecule has 7 nitrogen and oxygen atoms in total. The summed E-state index contributed by atoms with van der Waals surface area (Å²) < 4.78 is 7.79. The van der Waals surface area contributed by atoms with Crippen LogP contribution in [0, 0.1) is 11.3 Å². The molecule has 4 rings (SSSR count). The van der Waals surface area contributed by atoms with Crippen LogP contribution < -0.4 is 5.32 Å². The molecular weight excluding hydrogens is 540 g/mol. The van der Waals surface area contributed by atoms with Gasteiger partial charge in [-0.1, -0.05) is 66.4 Å². The fraction of sp³-hybridized carbons (Fsp3) is 0.185. The molecule has 0 saturated carbocycles. The second-order valence-electron chi connectivity index (χ2n) is 7.84. The number of imidazole rings is 1. The van der Waals surface area contributed by atoms with E-state index in [1.165, 1.54) is 11.8 Å². The fourth-order valence-corrected chi connectivity index (χ4v) is 5.24. The summed E-state index contributed by atoms with van der Waals surface area (Å²) in [6, 6.07) is 22.3. The number of benzene rings is 3. The minimum atomic E-state index is -0.783. The van der Waals surface area contributed by atoms with Gasteiger partial charge >= 0.3 is 5.97 Å². The zero-order valence-electron chi connectivity index (χ0n) is 19.5. The average Bonchev–Trinajstić information content (AvgIpc) is 3.27. The van der Waals surface area contributed by atoms with Crippen molar-refractivity contribution in [3.63, 3.8) is 0 Å². The number of fused-ring (bicyclic) bond motifs is 1. The maximum absolute atomic E-state index is 12.9. The Labute approximate surface area is 221 Å². The number of ether oxygens (including phenoxy) is 1. The van der Waals surface area contributed by atoms with E-state index in [0.717, 1.165) is 22.0 Å². The second kappa shape index (κ2) is 11.9. The fourth-order valence-electron chi connectivity index (χ4n) is 3.86. The number of carbonyl (C=O) groups is 2. The Bertz CT molecular complexity index is 1430. The summed E-state index contributed by atoms with van der Waals surface area (Å²) in [4.78, 5) is 29.8. The van der Waals surface area contributed by atoms with Crippen molar-refractivity contribution < 1.29 is 14.3 Å². The Kier molecular flexibility index (Phi) is 8.41. The van der Waals surface area contributed by atoms with Gasteiger partial charge in [-0.2, -0.15) is 5.26 Å². The number of amides is 1. The number of rotatable bonds is 9. The molecule has 1 atom stereocenters. The van der Waals surface area contributed by atoms with Gasteiger partial charge in [0.2, 0.25) is 5.91 Å². The number of nitrogens with one attached hydrogen (secondary N) is 1. The Morgan fingerprint density at radius 1 is 1.11 bits per heavy atom. The number of hydrogen-bond acceptors (Lipinski definition) is 6. The first-order valence-electron chi connectivity index (χ1n) is 11.3. The third-order valence-corrected chi connectivity index (χ3v) is 6.98. The maximum Gasteiger partial charge on any atom is 0.328 e. The average molecular weight is 563 g/mol. The summed E-state index contributed by atoms with van der Waals surface area (Å²) in [6.07, 6.45) is 2.01. The first-order chi connectivity index (χ1) is 17.5. The van der Waals surface area contributed by atoms with Crippen molar-refractivity contribution >= 4 is 50.3 Å². The number of aromatic nitrogens is 2. The van der Waals surface area contributed by atoms with Gasteiger partial charge in [-0.05, 0) is 40.5 Å². The zero-order valence-corrected chi connectivity index (χ0v) is 21.9. The quantitative estimate of drug-likeness (QED) is 0.226. The number of halogens is 1. The Morgan fingerprint density at radius 3 is 2.56 bits per heavy atom. The Morgan fingerprint density at radius 2 is 1.83 bits per heavy atom. The lowest BCUT2D eigenvalue weighted by Gasteiger charge is -2.17. The van der Waals surface area contributed by atoms with Crippen molar-refractivity contribution in [3.8, 4) is 11.8 Å². The number of hydrogen-bond donors (Lipinski definition) is 1. The van der Waals surface area contributed by atoms with E-state index in [2.05, 4.69) is 32.3 Å². The van der Waals surface area contributed by atoms with Crippen LogP contribution in [0.5, 0.6) is 0 Å². The van der Waals surface area contributed by atoms with Gasteiger partial charge in [-0.3, -0.25) is 9.36 Å². The minimum absolute atomic E-state index is 0.0579. The molecule has 3 aromatic carbocycles. The first-order valence-corrected chi connectivity index (χ1v) is 13.1. The molecule has 0 aliphatic carbocycles. The van der Waals surface area contributed by atoms with Gasteiger partial charge in [0.05, 0.1) is 35.9 Å². The number of thioether (sulfide) groups is 1. The van der Waals surface area contributed by atoms with Crippen molar-refractivity contribution in [3.05, 3.63) is 88.7 Å². The van der Waals surface area contributed by atoms with Gasteiger partial charge in [0.25, 0.3) is 0 Å². The molecule has 0 aliphatic rings. The molecule has 0 fully saturated rings. The van der Waals surface area contributed by atoms with Crippen molar-refractivity contribution in [2.24, 2.45) is 0 Å². The Balaban J connectivity index is 1.53. The summed E-state index contributed by atoms with van der Waals surface area (Å²) in [6.45, 7) is 1.97. The largest absolute Gasteiger partial charge is 0.464 e. The van der Waals surface area contributed by atoms with Crippen molar-refractivity contribution in [1.82, 2.24) is 14.9 Å². The van der Waals surface area contributed by atoms with Crippen LogP contribution in [0.15, 0.2) is 82.7 Å². The van der Waals surface area contributed by atoms with Crippen molar-refractivity contribution in [2.75, 3.05) is 12.4 Å². The normalized spacial score (nSPS) is 11.6. The van der Waals surface area contributed by atoms with E-state index in [1.807, 2.05) is 65.2 Å². The second-order valence-corrected chi connectivity index (χ2v) is 9.59. The molecule has 1 heterocycles. The predicted octanol–water partition coefficient (Wildman–Crippen LogP) is 5.04. The molecule has 0 saturated heterocycles. The summed E-state index contributed by atoms with van der Waals surface area (Å²) >= 11 is 4.81. The number of nitrogens with zero attached hydrogens (tertiary/aromatic N) is 3. The van der Waals surface area contributed by atoms with Gasteiger partial charge in [0.1, 0.15) is 10.6 Å². The van der Waals surface area contributed by atoms with Crippen LogP contribution in [-0.4, -0.2) is 39.8 Å². The van der Waals surface area contributed by atoms with E-state index in [0.29, 0.717) is 21.7 Å². The lowest BCUT2D eigenvalue weighted by Crippen LogP contribution is -2.44. The predicted molar refractivity (Wildman–Crippen MR) is 143 cm³/mol. The summed E-state index contributed by atoms with van der Waals surface area (Å²) in [5, 5.41) is 14.6. The highest BCUT2D eigenvalue weighted by Crippen LogP contribution is 2.32. The van der Waals surface area contributed by atoms with Crippen molar-refractivity contribution in [2.45, 2.75) is 24.5 Å². The molecule has 0 spiro atoms. The lowest BCUT2D eigenvalue weighted by molar-refractivity contribution is -0.147. The molecule has 1 amide bonds. The van der Waals surface area contributed by atoms with E-state index < -0.39 is 12.0 Å². The van der Waals surface area contributed by atoms with Gasteiger partial charge in [0.15, 0.2) is 5.16 Å². The van der Waals surface area contributed by atoms with Gasteiger partial charge in [-0.15, -0.1) is 0 Å². The molecule has 0 bridgehead atoms. The Hall–Kier alpha value is -3.61. The molecule has 1 N–H and O–H groups in total. The highest BCUT2D eigenvalue weighted by Gasteiger charge is 2.23. The summed E-state index contributed by atoms with van der Waals surface area (Å²) in [7, 11) is 0. The number of carbonyl (C=O) groups excluding carboxylic acids is 2. The third-order valence-electron chi connectivity index (χ3n) is 5.47. The first kappa shape index (κ1) is 25.5. The standard InChI is InChI=1S/C27H23BrN4O3S/c1-2-35-26(34)22(14-18-8-4-3-5-9-18)31-25(33)17-36-27-30-16-24(28)32(27)23-13-12-19(15-29)20-10-6-7-11-21(20)23/h3-13,16,22H,2,14,17H2,1H3,(H,31,33). The molecule has 182 valence electrons. The zero-order chi connectivity index (χ0) is 25.5. The summed E-state index contributed by atoms with van der Waals surface area (Å²) in [5.74, 6) is -0.708. The van der Waals surface area contributed by atoms with E-state index in [9.17, 15) is 14.9 Å². The molecular formula is C27H23BrN4O3S. The van der Waals surface area contributed by atoms with Crippen LogP contribution in [0.1, 0.15) is 18.1 Å². The van der Waals surface area contributed by atoms with E-state index >= 15 is 0 Å². The van der Waals surface area contributed by atoms with Gasteiger partial charge in [-0.25, -0.2) is 9.78 Å². The molecule has 1 aromatic heterocycles. The highest BCUT2D eigenvalue weighted by atomic mass is 79.9. The maximum atomic E-state index is 12.9. The summed E-state index contributed by atoms with van der Waals surface area (Å²) in [5.41, 5.74) is 2.35. The van der Waals surface area contributed by atoms with Crippen molar-refractivity contribution in [1.29, 1.82) is 5.26 Å². The van der Waals surface area contributed by atoms with E-state index in [4.69, 9.17) is 4.74 Å². The molecule has 4 aromatic rings. The third kappa shape index (κ3) is 5.78. The van der Waals surface area contributed by atoms with Crippen LogP contribution in [0.2, 0.25) is 0 Å². The van der Waals surface area contributed by atoms with E-state index in [1.54, 1.807) is 19.2 Å². The van der Waals surface area contributed by atoms with E-state index in [-0.39, 0.29) is 18.3 Å². The van der Waals surface area contributed by atoms with Crippen LogP contribution in [0.3, 0.4) is 0 Å². The SMILES string of the molecule is CCOC(=O)C(Cc1ccccc1)NC(=O)CSc1ncc(Br)n1-c1ccc(C#N)c2ccccc12. The highest BCUT2D eigenvalue weighted by molar-refractivity contribution is 9.10. The van der Waals surface area contributed by atoms with Crippen LogP contribution in [0.25, 0.3) is 16.5 Å². The topological polar surface area (TPSA) is 97.0 Å². The number of esters is 1. The molecule has 0 aliphatic heterocycles. The van der Waals surface area contributed by atoms with Crippen LogP contribution in [0.4, 0.5) is 0 Å². The van der Waals surface area contributed by atoms with Gasteiger partial charge < -0.3 is 10.1 Å². The smallest absolute Gasteiger partial charge is 0.328 e. The molecule has 1 unspecified atom stereocenters. The van der Waals surface area contributed by atoms with Crippen LogP contribution in [-0.2, 0) is 20.7 Å². The minimum Gasteiger partial charge on any atom is -0.464 e. The molecule has 0 radical (unpaired) electrons. The molecule has 9 heteroatoms. The van der Waals surface area contributed by atoms with Crippen LogP contribution >= 0.6 is 27.7 Å². The monoisotopic (exact) mass is 562 g/mol. The van der Waals surface area contributed by atoms with Gasteiger partial charge in [0, 0.05) is 17.2 Å². The molecule has 36 heavy (non-hydrogen) atoms. The number of nitriles is 1. The lowest BCUT2D eigenvalue weighted by atomic mass is 10.0.